The summed E-state index contributed by atoms with van der Waals surface area (Å²) in [6.45, 7) is 22.3. The molecule has 8 nitrogen and oxygen atoms in total. The fourth-order valence-corrected chi connectivity index (χ4v) is 16.6. The first-order valence-corrected chi connectivity index (χ1v) is 32.4. The highest BCUT2D eigenvalue weighted by Crippen LogP contribution is 2.67. The van der Waals surface area contributed by atoms with E-state index in [2.05, 4.69) is 61.5 Å². The van der Waals surface area contributed by atoms with E-state index in [1.807, 2.05) is 23.9 Å². The van der Waals surface area contributed by atoms with Crippen LogP contribution < -0.4 is 0 Å². The minimum Gasteiger partial charge on any atom is -0.378 e. The van der Waals surface area contributed by atoms with Crippen LogP contribution in [0.3, 0.4) is 0 Å². The molecule has 4 aliphatic carbocycles. The van der Waals surface area contributed by atoms with Crippen molar-refractivity contribution in [3.05, 3.63) is 47.0 Å². The zero-order valence-corrected chi connectivity index (χ0v) is 49.2. The average molecular weight is 1050 g/mol. The first kappa shape index (κ1) is 59.9. The Morgan fingerprint density at radius 2 is 1.24 bits per heavy atom. The fourth-order valence-electron chi connectivity index (χ4n) is 15.4. The van der Waals surface area contributed by atoms with Crippen LogP contribution in [-0.4, -0.2) is 91.4 Å². The second kappa shape index (κ2) is 30.0. The SMILES string of the molecule is CCCCCCO[C@H]1[C@@H](OCCCCCC)[C@@H](CN2C(=O)c3ccccc3C2=O)O[C@@H](SCCCCCCOC2CC[C@@]3(C)C(=CC[C@H]4[C@@H]5CC[C@H]([C@H](C)CCCC(C)C)[C@@]5(C)CC[C@@H]43)C2)[C@@H]1OCCCCCC. The van der Waals surface area contributed by atoms with Crippen LogP contribution in [0.15, 0.2) is 35.9 Å². The number of unbranched alkanes of at least 4 members (excludes halogenated alkanes) is 12. The number of rotatable bonds is 34. The lowest BCUT2D eigenvalue weighted by atomic mass is 9.47. The molecule has 1 aromatic rings. The number of imide groups is 1. The fraction of sp³-hybridized carbons (Fsp3) is 0.846. The topological polar surface area (TPSA) is 83.5 Å². The van der Waals surface area contributed by atoms with Crippen molar-refractivity contribution in [2.45, 2.75) is 265 Å². The summed E-state index contributed by atoms with van der Waals surface area (Å²) in [7, 11) is 0. The van der Waals surface area contributed by atoms with Crippen molar-refractivity contribution in [3.63, 3.8) is 0 Å². The predicted octanol–water partition coefficient (Wildman–Crippen LogP) is 16.6. The maximum absolute atomic E-state index is 13.8. The number of hydrogen-bond donors (Lipinski definition) is 0. The summed E-state index contributed by atoms with van der Waals surface area (Å²) in [5.74, 6) is 5.66. The normalized spacial score (nSPS) is 32.1. The van der Waals surface area contributed by atoms with E-state index in [-0.39, 0.29) is 36.0 Å². The highest BCUT2D eigenvalue weighted by Gasteiger charge is 2.59. The van der Waals surface area contributed by atoms with E-state index < -0.39 is 12.2 Å². The Kier molecular flexibility index (Phi) is 24.3. The van der Waals surface area contributed by atoms with Gasteiger partial charge in [0.25, 0.3) is 11.8 Å². The number of allylic oxidation sites excluding steroid dienone is 1. The Morgan fingerprint density at radius 1 is 0.649 bits per heavy atom. The number of fused-ring (bicyclic) bond motifs is 6. The van der Waals surface area contributed by atoms with Crippen LogP contribution in [0, 0.1) is 46.3 Å². The first-order chi connectivity index (χ1) is 35.9. The molecule has 74 heavy (non-hydrogen) atoms. The zero-order valence-electron chi connectivity index (χ0n) is 48.4. The number of carbonyl (C=O) groups excluding carboxylic acids is 2. The van der Waals surface area contributed by atoms with Gasteiger partial charge in [0.15, 0.2) is 0 Å². The summed E-state index contributed by atoms with van der Waals surface area (Å²) in [5.41, 5.74) is 3.25. The standard InChI is InChI=1S/C65H107NO7S/c1-9-12-15-22-41-70-58-57(46-66-61(67)51-30-20-21-31-52(51)62(66)68)73-63(60(72-43-24-17-14-11-3)59(58)71-42-23-16-13-10-2)74-44-26-19-18-25-40-69-50-36-38-64(7)49(45-50)32-33-53-55-35-34-54(48(6)29-27-28-47(4)5)65(55,8)39-37-56(53)64/h20-21,30-32,47-48,50,53-60,63H,9-19,22-29,33-46H2,1-8H3/t48-,50?,53+,54-,55+,56+,57-,58+,59+,60-,63+,64+,65-/m1/s1. The van der Waals surface area contributed by atoms with E-state index in [0.717, 1.165) is 138 Å². The number of carbonyl (C=O) groups is 2. The van der Waals surface area contributed by atoms with E-state index >= 15 is 0 Å². The van der Waals surface area contributed by atoms with Crippen molar-refractivity contribution in [2.75, 3.05) is 38.7 Å². The number of amides is 2. The second-order valence-electron chi connectivity index (χ2n) is 25.3. The van der Waals surface area contributed by atoms with Crippen LogP contribution in [0.4, 0.5) is 0 Å². The van der Waals surface area contributed by atoms with Crippen molar-refractivity contribution in [3.8, 4) is 0 Å². The maximum Gasteiger partial charge on any atom is 0.261 e. The van der Waals surface area contributed by atoms with Gasteiger partial charge in [0, 0.05) is 26.4 Å². The summed E-state index contributed by atoms with van der Waals surface area (Å²) < 4.78 is 34.5. The molecule has 0 spiro atoms. The molecule has 1 aromatic carbocycles. The lowest BCUT2D eigenvalue weighted by molar-refractivity contribution is -0.240. The highest BCUT2D eigenvalue weighted by molar-refractivity contribution is 7.99. The van der Waals surface area contributed by atoms with Crippen molar-refractivity contribution < 1.29 is 33.3 Å². The third kappa shape index (κ3) is 15.1. The molecule has 7 rings (SSSR count). The smallest absolute Gasteiger partial charge is 0.261 e. The average Bonchev–Trinajstić information content (AvgIpc) is 3.87. The number of ether oxygens (including phenoxy) is 5. The molecule has 420 valence electrons. The first-order valence-electron chi connectivity index (χ1n) is 31.3. The molecule has 13 atom stereocenters. The Hall–Kier alpha value is -1.75. The van der Waals surface area contributed by atoms with E-state index in [1.54, 1.807) is 17.7 Å². The third-order valence-electron chi connectivity index (χ3n) is 19.7. The number of benzene rings is 1. The van der Waals surface area contributed by atoms with Crippen LogP contribution in [0.25, 0.3) is 0 Å². The summed E-state index contributed by atoms with van der Waals surface area (Å²) >= 11 is 1.82. The monoisotopic (exact) mass is 1050 g/mol. The van der Waals surface area contributed by atoms with Crippen LogP contribution in [0.5, 0.6) is 0 Å². The maximum atomic E-state index is 13.8. The Morgan fingerprint density at radius 3 is 1.88 bits per heavy atom. The largest absolute Gasteiger partial charge is 0.378 e. The van der Waals surface area contributed by atoms with E-state index in [1.165, 1.54) is 88.4 Å². The zero-order chi connectivity index (χ0) is 52.5. The van der Waals surface area contributed by atoms with E-state index in [0.29, 0.717) is 47.9 Å². The van der Waals surface area contributed by atoms with Gasteiger partial charge in [-0.2, -0.15) is 0 Å². The molecule has 9 heteroatoms. The molecule has 0 radical (unpaired) electrons. The second-order valence-corrected chi connectivity index (χ2v) is 26.5. The summed E-state index contributed by atoms with van der Waals surface area (Å²) in [6.07, 6.45) is 34.1. The van der Waals surface area contributed by atoms with Crippen LogP contribution in [0.2, 0.25) is 0 Å². The van der Waals surface area contributed by atoms with E-state index in [4.69, 9.17) is 23.7 Å². The van der Waals surface area contributed by atoms with Gasteiger partial charge in [-0.25, -0.2) is 0 Å². The van der Waals surface area contributed by atoms with E-state index in [9.17, 15) is 9.59 Å². The van der Waals surface area contributed by atoms with Crippen molar-refractivity contribution in [1.29, 1.82) is 0 Å². The third-order valence-corrected chi connectivity index (χ3v) is 20.9. The van der Waals surface area contributed by atoms with Gasteiger partial charge in [0.05, 0.1) is 23.8 Å². The summed E-state index contributed by atoms with van der Waals surface area (Å²) in [6, 6.07) is 7.17. The molecule has 6 aliphatic rings. The minimum absolute atomic E-state index is 0.124. The molecule has 0 N–H and O–H groups in total. The van der Waals surface area contributed by atoms with Gasteiger partial charge in [0.1, 0.15) is 29.9 Å². The molecule has 0 aromatic heterocycles. The molecule has 0 bridgehead atoms. The van der Waals surface area contributed by atoms with Crippen molar-refractivity contribution in [1.82, 2.24) is 4.90 Å². The molecule has 2 amide bonds. The lowest BCUT2D eigenvalue weighted by Gasteiger charge is -2.58. The van der Waals surface area contributed by atoms with Gasteiger partial charge in [-0.05, 0) is 148 Å². The Labute approximate surface area is 456 Å². The Bertz CT molecular complexity index is 1840. The van der Waals surface area contributed by atoms with Crippen LogP contribution >= 0.6 is 11.8 Å². The number of hydrogen-bond acceptors (Lipinski definition) is 8. The van der Waals surface area contributed by atoms with Crippen LogP contribution in [0.1, 0.15) is 249 Å². The number of thioether (sulfide) groups is 1. The summed E-state index contributed by atoms with van der Waals surface area (Å²) in [4.78, 5) is 29.0. The highest BCUT2D eigenvalue weighted by atomic mass is 32.2. The van der Waals surface area contributed by atoms with Crippen molar-refractivity contribution in [2.24, 2.45) is 46.3 Å². The Balaban J connectivity index is 0.921. The molecule has 4 fully saturated rings. The molecule has 1 saturated heterocycles. The van der Waals surface area contributed by atoms with Gasteiger partial charge in [-0.3, -0.25) is 14.5 Å². The van der Waals surface area contributed by atoms with Gasteiger partial charge in [0.2, 0.25) is 0 Å². The van der Waals surface area contributed by atoms with Gasteiger partial charge in [-0.1, -0.05) is 169 Å². The minimum atomic E-state index is -0.543. The molecule has 2 aliphatic heterocycles. The molecule has 1 unspecified atom stereocenters. The quantitative estimate of drug-likeness (QED) is 0.0384. The van der Waals surface area contributed by atoms with Gasteiger partial charge in [-0.15, -0.1) is 11.8 Å². The molecular weight excluding hydrogens is 939 g/mol. The van der Waals surface area contributed by atoms with Crippen molar-refractivity contribution >= 4 is 23.6 Å². The van der Waals surface area contributed by atoms with Crippen LogP contribution in [-0.2, 0) is 23.7 Å². The molecule has 3 saturated carbocycles. The molecule has 2 heterocycles. The summed E-state index contributed by atoms with van der Waals surface area (Å²) in [5, 5.41) is 0. The lowest BCUT2D eigenvalue weighted by Crippen LogP contribution is -2.62. The van der Waals surface area contributed by atoms with Gasteiger partial charge >= 0.3 is 0 Å². The predicted molar refractivity (Wildman–Crippen MR) is 306 cm³/mol. The van der Waals surface area contributed by atoms with Gasteiger partial charge < -0.3 is 23.7 Å². The number of nitrogens with zero attached hydrogens (tertiary/aromatic N) is 1. The molecular formula is C65H107NO7S.